The molecule has 0 bridgehead atoms. The van der Waals surface area contributed by atoms with Crippen LogP contribution in [0.2, 0.25) is 0 Å². The molecule has 0 heterocycles. The van der Waals surface area contributed by atoms with Crippen LogP contribution in [-0.4, -0.2) is 11.1 Å². The van der Waals surface area contributed by atoms with Crippen molar-refractivity contribution in [3.05, 3.63) is 35.4 Å². The van der Waals surface area contributed by atoms with Crippen molar-refractivity contribution in [3.8, 4) is 0 Å². The summed E-state index contributed by atoms with van der Waals surface area (Å²) in [6, 6.07) is 7.07. The molecule has 0 saturated carbocycles. The molecule has 0 amide bonds. The lowest BCUT2D eigenvalue weighted by molar-refractivity contribution is -0.137. The van der Waals surface area contributed by atoms with Gasteiger partial charge in [-0.15, -0.1) is 0 Å². The highest BCUT2D eigenvalue weighted by Gasteiger charge is 2.20. The molecule has 0 saturated heterocycles. The van der Waals surface area contributed by atoms with Gasteiger partial charge in [0.05, 0.1) is 6.42 Å². The van der Waals surface area contributed by atoms with Crippen molar-refractivity contribution in [2.75, 3.05) is 0 Å². The summed E-state index contributed by atoms with van der Waals surface area (Å²) in [5.41, 5.74) is 0.0618. The molecule has 0 aliphatic heterocycles. The lowest BCUT2D eigenvalue weighted by Gasteiger charge is -2.17. The molecule has 1 unspecified atom stereocenters. The van der Waals surface area contributed by atoms with E-state index >= 15 is 0 Å². The number of carbonyl (C=O) groups is 1. The molecule has 88 valence electrons. The fourth-order valence-corrected chi connectivity index (χ4v) is 1.59. The molecule has 1 atom stereocenters. The Morgan fingerprint density at radius 3 is 2.62 bits per heavy atom. The predicted octanol–water partition coefficient (Wildman–Crippen LogP) is 3.47. The highest BCUT2D eigenvalue weighted by Crippen LogP contribution is 2.28. The highest BCUT2D eigenvalue weighted by atomic mass is 19.1. The molecule has 1 aromatic rings. The maximum atomic E-state index is 13.7. The SMILES string of the molecule is CC(CC(=O)O)c1cccc(C(C)(C)F)c1. The Labute approximate surface area is 95.1 Å². The Morgan fingerprint density at radius 1 is 1.50 bits per heavy atom. The van der Waals surface area contributed by atoms with Crippen LogP contribution in [-0.2, 0) is 10.5 Å². The van der Waals surface area contributed by atoms with Gasteiger partial charge in [-0.3, -0.25) is 4.79 Å². The predicted molar refractivity (Wildman–Crippen MR) is 61.2 cm³/mol. The Hall–Kier alpha value is -1.38. The van der Waals surface area contributed by atoms with Gasteiger partial charge in [0.25, 0.3) is 0 Å². The molecule has 0 fully saturated rings. The molecule has 3 heteroatoms. The molecular weight excluding hydrogens is 207 g/mol. The molecular formula is C13H17FO2. The zero-order valence-electron chi connectivity index (χ0n) is 9.83. The van der Waals surface area contributed by atoms with Gasteiger partial charge in [-0.25, -0.2) is 4.39 Å². The van der Waals surface area contributed by atoms with E-state index in [4.69, 9.17) is 5.11 Å². The van der Waals surface area contributed by atoms with Crippen LogP contribution >= 0.6 is 0 Å². The Balaban J connectivity index is 2.94. The van der Waals surface area contributed by atoms with Crippen molar-refractivity contribution in [2.24, 2.45) is 0 Å². The number of hydrogen-bond acceptors (Lipinski definition) is 1. The number of hydrogen-bond donors (Lipinski definition) is 1. The molecule has 2 nitrogen and oxygen atoms in total. The summed E-state index contributed by atoms with van der Waals surface area (Å²) in [7, 11) is 0. The van der Waals surface area contributed by atoms with Crippen LogP contribution in [0.15, 0.2) is 24.3 Å². The fourth-order valence-electron chi connectivity index (χ4n) is 1.59. The molecule has 1 rings (SSSR count). The van der Waals surface area contributed by atoms with E-state index in [2.05, 4.69) is 0 Å². The highest BCUT2D eigenvalue weighted by molar-refractivity contribution is 5.68. The van der Waals surface area contributed by atoms with Gasteiger partial charge in [0.15, 0.2) is 0 Å². The molecule has 0 aliphatic rings. The summed E-state index contributed by atoms with van der Waals surface area (Å²) in [5, 5.41) is 8.70. The average molecular weight is 224 g/mol. The summed E-state index contributed by atoms with van der Waals surface area (Å²) in [5.74, 6) is -0.933. The van der Waals surface area contributed by atoms with E-state index in [0.717, 1.165) is 5.56 Å². The van der Waals surface area contributed by atoms with E-state index < -0.39 is 11.6 Å². The average Bonchev–Trinajstić information content (AvgIpc) is 2.15. The van der Waals surface area contributed by atoms with Gasteiger partial charge >= 0.3 is 5.97 Å². The molecule has 0 aliphatic carbocycles. The lowest BCUT2D eigenvalue weighted by atomic mass is 9.92. The van der Waals surface area contributed by atoms with Crippen LogP contribution in [0.4, 0.5) is 4.39 Å². The molecule has 1 aromatic carbocycles. The first-order chi connectivity index (χ1) is 7.30. The standard InChI is InChI=1S/C13H17FO2/c1-9(7-12(15)16)10-5-4-6-11(8-10)13(2,3)14/h4-6,8-9H,7H2,1-3H3,(H,15,16). The number of rotatable bonds is 4. The maximum absolute atomic E-state index is 13.7. The zero-order valence-corrected chi connectivity index (χ0v) is 9.83. The Bertz CT molecular complexity index is 380. The molecule has 0 spiro atoms. The van der Waals surface area contributed by atoms with Gasteiger partial charge in [0.1, 0.15) is 5.67 Å². The first kappa shape index (κ1) is 12.7. The summed E-state index contributed by atoms with van der Waals surface area (Å²) in [4.78, 5) is 10.6. The van der Waals surface area contributed by atoms with E-state index in [-0.39, 0.29) is 12.3 Å². The number of aliphatic carboxylic acids is 1. The van der Waals surface area contributed by atoms with E-state index in [1.165, 1.54) is 13.8 Å². The third kappa shape index (κ3) is 3.33. The van der Waals surface area contributed by atoms with Crippen LogP contribution in [0.1, 0.15) is 44.2 Å². The first-order valence-corrected chi connectivity index (χ1v) is 5.32. The van der Waals surface area contributed by atoms with Gasteiger partial charge in [0, 0.05) is 0 Å². The largest absolute Gasteiger partial charge is 0.481 e. The number of halogens is 1. The van der Waals surface area contributed by atoms with Gasteiger partial charge in [-0.05, 0) is 30.9 Å². The van der Waals surface area contributed by atoms with Crippen LogP contribution in [0.5, 0.6) is 0 Å². The van der Waals surface area contributed by atoms with Crippen molar-refractivity contribution < 1.29 is 14.3 Å². The van der Waals surface area contributed by atoms with E-state index in [9.17, 15) is 9.18 Å². The van der Waals surface area contributed by atoms with Crippen molar-refractivity contribution in [1.29, 1.82) is 0 Å². The van der Waals surface area contributed by atoms with Gasteiger partial charge < -0.3 is 5.11 Å². The van der Waals surface area contributed by atoms with Crippen LogP contribution < -0.4 is 0 Å². The Kier molecular flexibility index (Phi) is 3.68. The van der Waals surface area contributed by atoms with Crippen LogP contribution in [0.25, 0.3) is 0 Å². The molecule has 0 radical (unpaired) electrons. The summed E-state index contributed by atoms with van der Waals surface area (Å²) >= 11 is 0. The van der Waals surface area contributed by atoms with E-state index in [1.807, 2.05) is 13.0 Å². The monoisotopic (exact) mass is 224 g/mol. The van der Waals surface area contributed by atoms with Crippen molar-refractivity contribution in [1.82, 2.24) is 0 Å². The number of carboxylic acid groups (broad SMARTS) is 1. The third-order valence-corrected chi connectivity index (χ3v) is 2.62. The van der Waals surface area contributed by atoms with Crippen molar-refractivity contribution in [2.45, 2.75) is 38.8 Å². The molecule has 1 N–H and O–H groups in total. The van der Waals surface area contributed by atoms with Crippen LogP contribution in [0.3, 0.4) is 0 Å². The second-order valence-corrected chi connectivity index (χ2v) is 4.60. The summed E-state index contributed by atoms with van der Waals surface area (Å²) < 4.78 is 13.7. The maximum Gasteiger partial charge on any atom is 0.303 e. The quantitative estimate of drug-likeness (QED) is 0.850. The third-order valence-electron chi connectivity index (χ3n) is 2.62. The normalized spacial score (nSPS) is 13.5. The van der Waals surface area contributed by atoms with E-state index in [1.54, 1.807) is 18.2 Å². The molecule has 16 heavy (non-hydrogen) atoms. The minimum Gasteiger partial charge on any atom is -0.481 e. The fraction of sp³-hybridized carbons (Fsp3) is 0.462. The second-order valence-electron chi connectivity index (χ2n) is 4.60. The van der Waals surface area contributed by atoms with Crippen molar-refractivity contribution in [3.63, 3.8) is 0 Å². The summed E-state index contributed by atoms with van der Waals surface area (Å²) in [6.07, 6.45) is 0.0656. The first-order valence-electron chi connectivity index (χ1n) is 5.32. The minimum absolute atomic E-state index is 0.0656. The smallest absolute Gasteiger partial charge is 0.303 e. The van der Waals surface area contributed by atoms with Gasteiger partial charge in [-0.2, -0.15) is 0 Å². The number of alkyl halides is 1. The van der Waals surface area contributed by atoms with Gasteiger partial charge in [-0.1, -0.05) is 31.2 Å². The zero-order chi connectivity index (χ0) is 12.3. The number of carboxylic acids is 1. The summed E-state index contributed by atoms with van der Waals surface area (Å²) in [6.45, 7) is 4.82. The minimum atomic E-state index is -1.39. The number of benzene rings is 1. The topological polar surface area (TPSA) is 37.3 Å². The lowest BCUT2D eigenvalue weighted by Crippen LogP contribution is -2.10. The van der Waals surface area contributed by atoms with Crippen LogP contribution in [0, 0.1) is 0 Å². The molecule has 0 aromatic heterocycles. The van der Waals surface area contributed by atoms with Gasteiger partial charge in [0.2, 0.25) is 0 Å². The second kappa shape index (κ2) is 4.64. The van der Waals surface area contributed by atoms with E-state index in [0.29, 0.717) is 5.56 Å². The Morgan fingerprint density at radius 2 is 2.12 bits per heavy atom. The van der Waals surface area contributed by atoms with Crippen molar-refractivity contribution >= 4 is 5.97 Å².